The zero-order valence-electron chi connectivity index (χ0n) is 13.2. The summed E-state index contributed by atoms with van der Waals surface area (Å²) in [6.07, 6.45) is -5.00. The maximum atomic E-state index is 13.8. The maximum Gasteiger partial charge on any atom is 0.422 e. The lowest BCUT2D eigenvalue weighted by Crippen LogP contribution is -2.15. The van der Waals surface area contributed by atoms with Crippen LogP contribution in [0.4, 0.5) is 36.4 Å². The fraction of sp³-hybridized carbons (Fsp3) is 0.188. The molecule has 2 aromatic carbocycles. The van der Waals surface area contributed by atoms with Crippen LogP contribution in [0.3, 0.4) is 0 Å². The van der Waals surface area contributed by atoms with Crippen LogP contribution >= 0.6 is 0 Å². The van der Waals surface area contributed by atoms with Crippen molar-refractivity contribution in [2.45, 2.75) is 13.1 Å². The van der Waals surface area contributed by atoms with E-state index in [2.05, 4.69) is 4.99 Å². The summed E-state index contributed by atoms with van der Waals surface area (Å²) in [7, 11) is 1.30. The Balaban J connectivity index is 2.62. The number of ether oxygens (including phenoxy) is 1. The molecule has 0 aliphatic rings. The largest absolute Gasteiger partial charge is 0.507 e. The lowest BCUT2D eigenvalue weighted by Gasteiger charge is -2.12. The van der Waals surface area contributed by atoms with Crippen LogP contribution in [0.1, 0.15) is 16.7 Å². The number of nitrogens with zero attached hydrogens (tertiary/aromatic N) is 1. The highest BCUT2D eigenvalue weighted by Gasteiger charge is 2.42. The van der Waals surface area contributed by atoms with Gasteiger partial charge in [0.25, 0.3) is 0 Å². The molecule has 0 atom stereocenters. The van der Waals surface area contributed by atoms with Crippen molar-refractivity contribution in [2.75, 3.05) is 7.11 Å². The van der Waals surface area contributed by atoms with Gasteiger partial charge < -0.3 is 9.84 Å². The molecule has 1 N–H and O–H groups in total. The highest BCUT2D eigenvalue weighted by atomic mass is 19.4. The highest BCUT2D eigenvalue weighted by Crippen LogP contribution is 2.39. The Kier molecular flexibility index (Phi) is 5.15. The van der Waals surface area contributed by atoms with Crippen LogP contribution in [0, 0.1) is 30.2 Å². The molecule has 0 heterocycles. The quantitative estimate of drug-likeness (QED) is 0.460. The Bertz CT molecular complexity index is 862. The van der Waals surface area contributed by atoms with Crippen LogP contribution in [-0.2, 0) is 6.18 Å². The Morgan fingerprint density at radius 3 is 2.00 bits per heavy atom. The van der Waals surface area contributed by atoms with Gasteiger partial charge in [0, 0.05) is 11.8 Å². The summed E-state index contributed by atoms with van der Waals surface area (Å²) in [5, 5.41) is 9.86. The predicted molar refractivity (Wildman–Crippen MR) is 77.9 cm³/mol. The molecule has 0 bridgehead atoms. The van der Waals surface area contributed by atoms with Gasteiger partial charge in [0.05, 0.1) is 7.11 Å². The standard InChI is InChI=1S/C16H10F7NO2/c1-6-3-8(26-2)4-7(15(6)25)5-24-14-12(19)10(17)9(16(21,22)23)11(18)13(14)20/h3-5,25H,1-2H3. The van der Waals surface area contributed by atoms with Crippen LogP contribution in [0.5, 0.6) is 11.5 Å². The summed E-state index contributed by atoms with van der Waals surface area (Å²) in [6, 6.07) is 2.61. The number of phenols is 1. The molecule has 140 valence electrons. The number of hydrogen-bond acceptors (Lipinski definition) is 3. The van der Waals surface area contributed by atoms with E-state index in [-0.39, 0.29) is 22.6 Å². The second-order valence-corrected chi connectivity index (χ2v) is 5.12. The third-order valence-corrected chi connectivity index (χ3v) is 3.40. The lowest BCUT2D eigenvalue weighted by atomic mass is 10.1. The molecular formula is C16H10F7NO2. The normalized spacial score (nSPS) is 12.0. The molecule has 0 fully saturated rings. The zero-order chi connectivity index (χ0) is 19.8. The van der Waals surface area contributed by atoms with Crippen LogP contribution in [-0.4, -0.2) is 18.4 Å². The Labute approximate surface area is 142 Å². The van der Waals surface area contributed by atoms with Crippen molar-refractivity contribution in [3.63, 3.8) is 0 Å². The van der Waals surface area contributed by atoms with Crippen molar-refractivity contribution in [1.29, 1.82) is 0 Å². The average Bonchev–Trinajstić information content (AvgIpc) is 2.55. The summed E-state index contributed by atoms with van der Waals surface area (Å²) in [4.78, 5) is 3.16. The number of benzene rings is 2. The van der Waals surface area contributed by atoms with Crippen molar-refractivity contribution in [2.24, 2.45) is 4.99 Å². The smallest absolute Gasteiger partial charge is 0.422 e. The van der Waals surface area contributed by atoms with Crippen LogP contribution in [0.2, 0.25) is 0 Å². The van der Waals surface area contributed by atoms with Gasteiger partial charge >= 0.3 is 6.18 Å². The molecule has 0 aliphatic carbocycles. The summed E-state index contributed by atoms with van der Waals surface area (Å²) in [6.45, 7) is 1.47. The molecule has 0 saturated carbocycles. The minimum atomic E-state index is -5.64. The van der Waals surface area contributed by atoms with Gasteiger partial charge in [0.15, 0.2) is 23.3 Å². The van der Waals surface area contributed by atoms with E-state index >= 15 is 0 Å². The molecule has 0 saturated heterocycles. The minimum absolute atomic E-state index is 0.138. The molecule has 26 heavy (non-hydrogen) atoms. The SMILES string of the molecule is COc1cc(C)c(O)c(C=Nc2c(F)c(F)c(C(F)(F)F)c(F)c2F)c1. The summed E-state index contributed by atoms with van der Waals surface area (Å²) in [5.41, 5.74) is -4.14. The highest BCUT2D eigenvalue weighted by molar-refractivity contribution is 5.86. The second kappa shape index (κ2) is 6.85. The van der Waals surface area contributed by atoms with Crippen LogP contribution in [0.25, 0.3) is 0 Å². The summed E-state index contributed by atoms with van der Waals surface area (Å²) >= 11 is 0. The number of alkyl halides is 3. The first kappa shape index (κ1) is 19.5. The molecule has 2 aromatic rings. The van der Waals surface area contributed by atoms with E-state index in [1.807, 2.05) is 0 Å². The molecular weight excluding hydrogens is 371 g/mol. The van der Waals surface area contributed by atoms with E-state index < -0.39 is 40.7 Å². The van der Waals surface area contributed by atoms with Gasteiger partial charge in [-0.15, -0.1) is 0 Å². The Morgan fingerprint density at radius 1 is 1.00 bits per heavy atom. The number of halogens is 7. The molecule has 0 aromatic heterocycles. The Morgan fingerprint density at radius 2 is 1.54 bits per heavy atom. The molecule has 0 aliphatic heterocycles. The van der Waals surface area contributed by atoms with E-state index in [4.69, 9.17) is 4.74 Å². The van der Waals surface area contributed by atoms with E-state index in [0.29, 0.717) is 6.21 Å². The molecule has 0 radical (unpaired) electrons. The molecule has 2 rings (SSSR count). The topological polar surface area (TPSA) is 41.8 Å². The monoisotopic (exact) mass is 381 g/mol. The number of aromatic hydroxyl groups is 1. The summed E-state index contributed by atoms with van der Waals surface area (Å²) < 4.78 is 97.2. The first-order valence-electron chi connectivity index (χ1n) is 6.83. The van der Waals surface area contributed by atoms with Gasteiger partial charge in [-0.1, -0.05) is 0 Å². The van der Waals surface area contributed by atoms with Crippen LogP contribution in [0.15, 0.2) is 17.1 Å². The lowest BCUT2D eigenvalue weighted by molar-refractivity contribution is -0.143. The maximum absolute atomic E-state index is 13.8. The van der Waals surface area contributed by atoms with Gasteiger partial charge in [0.2, 0.25) is 0 Å². The predicted octanol–water partition coefficient (Wildman–Crippen LogP) is 5.04. The van der Waals surface area contributed by atoms with E-state index in [0.717, 1.165) is 0 Å². The zero-order valence-corrected chi connectivity index (χ0v) is 13.2. The van der Waals surface area contributed by atoms with Crippen molar-refractivity contribution in [3.8, 4) is 11.5 Å². The van der Waals surface area contributed by atoms with Gasteiger partial charge in [-0.05, 0) is 24.6 Å². The van der Waals surface area contributed by atoms with Gasteiger partial charge in [-0.25, -0.2) is 22.6 Å². The van der Waals surface area contributed by atoms with E-state index in [1.54, 1.807) is 0 Å². The van der Waals surface area contributed by atoms with Crippen molar-refractivity contribution in [1.82, 2.24) is 0 Å². The van der Waals surface area contributed by atoms with Crippen LogP contribution < -0.4 is 4.74 Å². The van der Waals surface area contributed by atoms with E-state index in [9.17, 15) is 35.8 Å². The third kappa shape index (κ3) is 3.44. The van der Waals surface area contributed by atoms with E-state index in [1.165, 1.54) is 26.2 Å². The van der Waals surface area contributed by atoms with Crippen molar-refractivity contribution >= 4 is 11.9 Å². The second-order valence-electron chi connectivity index (χ2n) is 5.12. The van der Waals surface area contributed by atoms with Gasteiger partial charge in [-0.2, -0.15) is 13.2 Å². The molecule has 10 heteroatoms. The first-order chi connectivity index (χ1) is 12.0. The average molecular weight is 381 g/mol. The number of methoxy groups -OCH3 is 1. The molecule has 0 spiro atoms. The van der Waals surface area contributed by atoms with Crippen molar-refractivity contribution < 1.29 is 40.6 Å². The third-order valence-electron chi connectivity index (χ3n) is 3.40. The fourth-order valence-electron chi connectivity index (χ4n) is 2.11. The minimum Gasteiger partial charge on any atom is -0.507 e. The number of phenolic OH excluding ortho intramolecular Hbond substituents is 1. The van der Waals surface area contributed by atoms with Gasteiger partial charge in [-0.3, -0.25) is 0 Å². The number of aliphatic imine (C=N–C) groups is 1. The fourth-order valence-corrected chi connectivity index (χ4v) is 2.11. The van der Waals surface area contributed by atoms with Gasteiger partial charge in [0.1, 0.15) is 22.7 Å². The summed E-state index contributed by atoms with van der Waals surface area (Å²) in [5.74, 6) is -10.0. The Hall–Kier alpha value is -2.78. The first-order valence-corrected chi connectivity index (χ1v) is 6.83. The number of hydrogen-bond donors (Lipinski definition) is 1. The van der Waals surface area contributed by atoms with Crippen molar-refractivity contribution in [3.05, 3.63) is 52.1 Å². The molecule has 3 nitrogen and oxygen atoms in total. The number of rotatable bonds is 3. The number of aryl methyl sites for hydroxylation is 1. The molecule has 0 amide bonds. The molecule has 0 unspecified atom stereocenters.